The third-order valence-electron chi connectivity index (χ3n) is 4.63. The van der Waals surface area contributed by atoms with E-state index in [1.54, 1.807) is 18.2 Å². The summed E-state index contributed by atoms with van der Waals surface area (Å²) in [7, 11) is 1.00. The number of carbonyl (C=O) groups is 2. The third-order valence-corrected chi connectivity index (χ3v) is 4.63. The first-order valence-corrected chi connectivity index (χ1v) is 9.89. The summed E-state index contributed by atoms with van der Waals surface area (Å²) in [6, 6.07) is 16.9. The number of fused-ring (bicyclic) bond motifs is 1. The molecular formula is C26H25FO4. The zero-order valence-corrected chi connectivity index (χ0v) is 18.0. The Balaban J connectivity index is 0.000000807. The minimum atomic E-state index is -0.351. The van der Waals surface area contributed by atoms with Crippen LogP contribution in [0.25, 0.3) is 33.4 Å². The van der Waals surface area contributed by atoms with E-state index in [2.05, 4.69) is 0 Å². The largest absolute Gasteiger partial charge is 0.455 e. The highest BCUT2D eigenvalue weighted by Gasteiger charge is 2.17. The Bertz CT molecular complexity index is 1170. The molecule has 0 bridgehead atoms. The van der Waals surface area contributed by atoms with Crippen molar-refractivity contribution in [2.75, 3.05) is 7.11 Å². The Kier molecular flexibility index (Phi) is 8.41. The van der Waals surface area contributed by atoms with Crippen LogP contribution in [0, 0.1) is 12.7 Å². The Morgan fingerprint density at radius 1 is 0.871 bits per heavy atom. The predicted octanol–water partition coefficient (Wildman–Crippen LogP) is 6.47. The van der Waals surface area contributed by atoms with Gasteiger partial charge in [0.25, 0.3) is 0 Å². The highest BCUT2D eigenvalue weighted by Crippen LogP contribution is 2.36. The molecule has 4 aromatic rings. The molecule has 0 radical (unpaired) electrons. The molecule has 0 aliphatic rings. The lowest BCUT2D eigenvalue weighted by atomic mass is 9.96. The highest BCUT2D eigenvalue weighted by molar-refractivity contribution is 6.04. The molecule has 0 unspecified atom stereocenters. The van der Waals surface area contributed by atoms with Gasteiger partial charge in [-0.1, -0.05) is 32.0 Å². The zero-order valence-electron chi connectivity index (χ0n) is 18.0. The van der Waals surface area contributed by atoms with Crippen molar-refractivity contribution < 1.29 is 23.5 Å². The number of hydrogen-bond acceptors (Lipinski definition) is 4. The standard InChI is InChI=1S/C23H15FO3.C2H6.CH4O/c1-14-9-22-20(11-19(14)17-4-2-3-15(10-17)12-25)21(13-26)23(27-22)16-5-7-18(24)8-6-16;2*1-2/h2-13H,1H3;1-2H3;2H,1H3. The van der Waals surface area contributed by atoms with Crippen LogP contribution in [-0.4, -0.2) is 24.8 Å². The molecule has 1 N–H and O–H groups in total. The second kappa shape index (κ2) is 11.0. The van der Waals surface area contributed by atoms with E-state index in [1.807, 2.05) is 51.1 Å². The van der Waals surface area contributed by atoms with Gasteiger partial charge in [0.2, 0.25) is 0 Å². The monoisotopic (exact) mass is 420 g/mol. The van der Waals surface area contributed by atoms with Crippen LogP contribution < -0.4 is 0 Å². The molecule has 0 aliphatic carbocycles. The molecule has 0 fully saturated rings. The summed E-state index contributed by atoms with van der Waals surface area (Å²) < 4.78 is 19.1. The van der Waals surface area contributed by atoms with Gasteiger partial charge < -0.3 is 9.52 Å². The number of aliphatic hydroxyl groups is 1. The van der Waals surface area contributed by atoms with Gasteiger partial charge in [0.15, 0.2) is 6.29 Å². The van der Waals surface area contributed by atoms with Crippen molar-refractivity contribution in [1.82, 2.24) is 0 Å². The summed E-state index contributed by atoms with van der Waals surface area (Å²) in [4.78, 5) is 22.9. The summed E-state index contributed by atoms with van der Waals surface area (Å²) in [6.07, 6.45) is 1.56. The number of aliphatic hydroxyl groups excluding tert-OH is 1. The van der Waals surface area contributed by atoms with Crippen LogP contribution in [0.4, 0.5) is 4.39 Å². The van der Waals surface area contributed by atoms with Crippen molar-refractivity contribution in [2.45, 2.75) is 20.8 Å². The smallest absolute Gasteiger partial charge is 0.154 e. The van der Waals surface area contributed by atoms with Gasteiger partial charge in [-0.2, -0.15) is 0 Å². The fourth-order valence-electron chi connectivity index (χ4n) is 3.29. The van der Waals surface area contributed by atoms with Crippen LogP contribution in [0.1, 0.15) is 40.1 Å². The number of halogens is 1. The summed E-state index contributed by atoms with van der Waals surface area (Å²) in [5, 5.41) is 7.68. The SMILES string of the molecule is CC.CO.Cc1cc2oc(-c3ccc(F)cc3)c(C=O)c2cc1-c1cccc(C=O)c1. The van der Waals surface area contributed by atoms with Crippen LogP contribution in [0.2, 0.25) is 0 Å². The van der Waals surface area contributed by atoms with Crippen molar-refractivity contribution in [3.8, 4) is 22.5 Å². The second-order valence-corrected chi connectivity index (χ2v) is 6.38. The number of furan rings is 1. The molecule has 0 saturated heterocycles. The van der Waals surface area contributed by atoms with Crippen LogP contribution in [0.5, 0.6) is 0 Å². The predicted molar refractivity (Wildman–Crippen MR) is 122 cm³/mol. The molecule has 5 heteroatoms. The molecule has 1 heterocycles. The number of aldehydes is 2. The second-order valence-electron chi connectivity index (χ2n) is 6.38. The first-order chi connectivity index (χ1) is 15.1. The van der Waals surface area contributed by atoms with E-state index < -0.39 is 0 Å². The Morgan fingerprint density at radius 2 is 1.55 bits per heavy atom. The summed E-state index contributed by atoms with van der Waals surface area (Å²) >= 11 is 0. The lowest BCUT2D eigenvalue weighted by Gasteiger charge is -2.07. The molecule has 0 saturated carbocycles. The number of carbonyl (C=O) groups excluding carboxylic acids is 2. The van der Waals surface area contributed by atoms with Gasteiger partial charge in [-0.25, -0.2) is 4.39 Å². The van der Waals surface area contributed by atoms with Gasteiger partial charge in [-0.3, -0.25) is 9.59 Å². The van der Waals surface area contributed by atoms with Gasteiger partial charge in [0.1, 0.15) is 23.4 Å². The first-order valence-electron chi connectivity index (χ1n) is 9.89. The third kappa shape index (κ3) is 4.95. The van der Waals surface area contributed by atoms with Gasteiger partial charge in [-0.15, -0.1) is 0 Å². The topological polar surface area (TPSA) is 67.5 Å². The van der Waals surface area contributed by atoms with Gasteiger partial charge in [0, 0.05) is 23.6 Å². The van der Waals surface area contributed by atoms with Gasteiger partial charge in [-0.05, 0) is 66.1 Å². The highest BCUT2D eigenvalue weighted by atomic mass is 19.1. The van der Waals surface area contributed by atoms with Crippen LogP contribution in [-0.2, 0) is 0 Å². The number of rotatable bonds is 4. The van der Waals surface area contributed by atoms with Crippen molar-refractivity contribution >= 4 is 23.5 Å². The van der Waals surface area contributed by atoms with E-state index in [9.17, 15) is 14.0 Å². The van der Waals surface area contributed by atoms with Crippen molar-refractivity contribution in [3.63, 3.8) is 0 Å². The van der Waals surface area contributed by atoms with Crippen LogP contribution in [0.15, 0.2) is 65.1 Å². The molecule has 0 aliphatic heterocycles. The average Bonchev–Trinajstić information content (AvgIpc) is 3.18. The average molecular weight is 420 g/mol. The van der Waals surface area contributed by atoms with E-state index >= 15 is 0 Å². The first kappa shape index (κ1) is 23.7. The Labute approximate surface area is 181 Å². The molecule has 0 atom stereocenters. The van der Waals surface area contributed by atoms with E-state index in [0.717, 1.165) is 36.4 Å². The molecule has 31 heavy (non-hydrogen) atoms. The molecule has 1 aromatic heterocycles. The quantitative estimate of drug-likeness (QED) is 0.384. The van der Waals surface area contributed by atoms with Crippen LogP contribution in [0.3, 0.4) is 0 Å². The molecule has 3 aromatic carbocycles. The number of benzene rings is 3. The summed E-state index contributed by atoms with van der Waals surface area (Å²) in [5.41, 5.74) is 5.00. The molecular weight excluding hydrogens is 395 g/mol. The molecule has 0 amide bonds. The molecule has 0 spiro atoms. The maximum absolute atomic E-state index is 13.2. The van der Waals surface area contributed by atoms with E-state index in [4.69, 9.17) is 9.52 Å². The number of aryl methyl sites for hydroxylation is 1. The van der Waals surface area contributed by atoms with E-state index in [-0.39, 0.29) is 5.82 Å². The van der Waals surface area contributed by atoms with Crippen LogP contribution >= 0.6 is 0 Å². The molecule has 4 nitrogen and oxygen atoms in total. The summed E-state index contributed by atoms with van der Waals surface area (Å²) in [6.45, 7) is 5.95. The normalized spacial score (nSPS) is 9.87. The van der Waals surface area contributed by atoms with Crippen molar-refractivity contribution in [2.24, 2.45) is 0 Å². The van der Waals surface area contributed by atoms with E-state index in [0.29, 0.717) is 33.4 Å². The Morgan fingerprint density at radius 3 is 2.16 bits per heavy atom. The minimum Gasteiger partial charge on any atom is -0.455 e. The lowest BCUT2D eigenvalue weighted by molar-refractivity contribution is 0.111. The zero-order chi connectivity index (χ0) is 23.0. The van der Waals surface area contributed by atoms with Crippen molar-refractivity contribution in [3.05, 3.63) is 83.2 Å². The van der Waals surface area contributed by atoms with Gasteiger partial charge >= 0.3 is 0 Å². The molecule has 4 rings (SSSR count). The number of hydrogen-bond donors (Lipinski definition) is 1. The fraction of sp³-hybridized carbons (Fsp3) is 0.154. The minimum absolute atomic E-state index is 0.351. The molecule has 160 valence electrons. The fourth-order valence-corrected chi connectivity index (χ4v) is 3.29. The lowest BCUT2D eigenvalue weighted by Crippen LogP contribution is -1.87. The van der Waals surface area contributed by atoms with Gasteiger partial charge in [0.05, 0.1) is 5.56 Å². The van der Waals surface area contributed by atoms with E-state index in [1.165, 1.54) is 12.1 Å². The Hall–Kier alpha value is -3.57. The summed E-state index contributed by atoms with van der Waals surface area (Å²) in [5.74, 6) is 0.0638. The van der Waals surface area contributed by atoms with Crippen molar-refractivity contribution in [1.29, 1.82) is 0 Å². The maximum atomic E-state index is 13.2. The maximum Gasteiger partial charge on any atom is 0.154 e.